The number of aromatic nitrogens is 2. The lowest BCUT2D eigenvalue weighted by Crippen LogP contribution is -2.18. The summed E-state index contributed by atoms with van der Waals surface area (Å²) >= 11 is 0. The number of benzene rings is 1. The molecule has 6 nitrogen and oxygen atoms in total. The molecule has 0 aliphatic rings. The second-order valence-corrected chi connectivity index (χ2v) is 4.38. The molecule has 0 atom stereocenters. The fraction of sp³-hybridized carbons (Fsp3) is 0.308. The summed E-state index contributed by atoms with van der Waals surface area (Å²) in [5, 5.41) is 17.8. The smallest absolute Gasteiger partial charge is 0.305 e. The van der Waals surface area contributed by atoms with E-state index in [1.807, 2.05) is 13.1 Å². The van der Waals surface area contributed by atoms with Gasteiger partial charge in [-0.2, -0.15) is 9.49 Å². The van der Waals surface area contributed by atoms with Crippen LogP contribution in [-0.2, 0) is 20.0 Å². The molecule has 0 aliphatic heterocycles. The molecule has 7 heteroatoms. The van der Waals surface area contributed by atoms with Gasteiger partial charge in [0.15, 0.2) is 0 Å². The van der Waals surface area contributed by atoms with Gasteiger partial charge in [0.2, 0.25) is 5.82 Å². The molecule has 0 saturated heterocycles. The first kappa shape index (κ1) is 14.1. The first-order chi connectivity index (χ1) is 9.59. The highest BCUT2D eigenvalue weighted by Gasteiger charge is 2.16. The molecular weight excluding hydrogens is 263 g/mol. The Kier molecular flexibility index (Phi) is 4.41. The molecule has 1 aromatic carbocycles. The Labute approximate surface area is 115 Å². The van der Waals surface area contributed by atoms with Crippen LogP contribution in [0, 0.1) is 15.9 Å². The van der Waals surface area contributed by atoms with Crippen LogP contribution in [0.5, 0.6) is 0 Å². The summed E-state index contributed by atoms with van der Waals surface area (Å²) in [5.74, 6) is -0.773. The molecule has 0 aliphatic carbocycles. The molecule has 1 heterocycles. The number of nitro benzene ring substituents is 1. The van der Waals surface area contributed by atoms with Gasteiger partial charge in [-0.1, -0.05) is 12.1 Å². The average molecular weight is 278 g/mol. The van der Waals surface area contributed by atoms with Crippen molar-refractivity contribution < 1.29 is 9.31 Å². The standard InChI is InChI=1S/C13H15FN4O2/c1-17-11(6-8-16-17)5-7-15-9-10-3-2-4-12(13(10)14)18(19)20/h2-4,6,8,15H,5,7,9H2,1H3. The number of nitro groups is 1. The molecule has 2 aromatic rings. The van der Waals surface area contributed by atoms with Gasteiger partial charge in [-0.3, -0.25) is 14.8 Å². The predicted molar refractivity (Wildman–Crippen MR) is 71.7 cm³/mol. The van der Waals surface area contributed by atoms with Crippen molar-refractivity contribution in [3.05, 3.63) is 57.7 Å². The Morgan fingerprint density at radius 3 is 2.90 bits per heavy atom. The highest BCUT2D eigenvalue weighted by atomic mass is 19.1. The Bertz CT molecular complexity index is 612. The molecule has 1 N–H and O–H groups in total. The normalized spacial score (nSPS) is 10.7. The molecule has 0 bridgehead atoms. The number of hydrogen-bond donors (Lipinski definition) is 1. The number of halogens is 1. The van der Waals surface area contributed by atoms with E-state index < -0.39 is 16.4 Å². The molecule has 1 aromatic heterocycles. The number of rotatable bonds is 6. The van der Waals surface area contributed by atoms with Gasteiger partial charge < -0.3 is 5.32 Å². The zero-order valence-electron chi connectivity index (χ0n) is 11.0. The average Bonchev–Trinajstić information content (AvgIpc) is 2.81. The fourth-order valence-corrected chi connectivity index (χ4v) is 1.93. The van der Waals surface area contributed by atoms with E-state index in [0.717, 1.165) is 18.2 Å². The minimum Gasteiger partial charge on any atom is -0.312 e. The van der Waals surface area contributed by atoms with Gasteiger partial charge in [-0.15, -0.1) is 0 Å². The monoisotopic (exact) mass is 278 g/mol. The van der Waals surface area contributed by atoms with E-state index in [2.05, 4.69) is 10.4 Å². The van der Waals surface area contributed by atoms with Crippen LogP contribution in [0.1, 0.15) is 11.3 Å². The van der Waals surface area contributed by atoms with Crippen molar-refractivity contribution in [3.63, 3.8) is 0 Å². The molecule has 0 spiro atoms. The lowest BCUT2D eigenvalue weighted by atomic mass is 10.2. The molecular formula is C13H15FN4O2. The van der Waals surface area contributed by atoms with Crippen LogP contribution in [0.3, 0.4) is 0 Å². The van der Waals surface area contributed by atoms with E-state index in [9.17, 15) is 14.5 Å². The molecule has 20 heavy (non-hydrogen) atoms. The van der Waals surface area contributed by atoms with Gasteiger partial charge in [0.05, 0.1) is 4.92 Å². The summed E-state index contributed by atoms with van der Waals surface area (Å²) in [4.78, 5) is 9.92. The molecule has 0 saturated carbocycles. The van der Waals surface area contributed by atoms with E-state index in [0.29, 0.717) is 12.1 Å². The van der Waals surface area contributed by atoms with Crippen molar-refractivity contribution >= 4 is 5.69 Å². The molecule has 0 unspecified atom stereocenters. The zero-order valence-corrected chi connectivity index (χ0v) is 11.0. The molecule has 0 fully saturated rings. The van der Waals surface area contributed by atoms with Gasteiger partial charge in [0.25, 0.3) is 0 Å². The first-order valence-corrected chi connectivity index (χ1v) is 6.19. The highest BCUT2D eigenvalue weighted by Crippen LogP contribution is 2.19. The lowest BCUT2D eigenvalue weighted by Gasteiger charge is -2.06. The van der Waals surface area contributed by atoms with Crippen molar-refractivity contribution in [2.45, 2.75) is 13.0 Å². The largest absolute Gasteiger partial charge is 0.312 e. The quantitative estimate of drug-likeness (QED) is 0.497. The van der Waals surface area contributed by atoms with Crippen molar-refractivity contribution in [1.29, 1.82) is 0 Å². The van der Waals surface area contributed by atoms with Crippen LogP contribution in [0.25, 0.3) is 0 Å². The molecule has 106 valence electrons. The van der Waals surface area contributed by atoms with Gasteiger partial charge in [-0.05, 0) is 6.07 Å². The number of nitrogens with zero attached hydrogens (tertiary/aromatic N) is 3. The first-order valence-electron chi connectivity index (χ1n) is 6.19. The SMILES string of the molecule is Cn1nccc1CCNCc1cccc([N+](=O)[O-])c1F. The van der Waals surface area contributed by atoms with Crippen molar-refractivity contribution in [2.24, 2.45) is 7.05 Å². The van der Waals surface area contributed by atoms with Crippen LogP contribution in [0.2, 0.25) is 0 Å². The summed E-state index contributed by atoms with van der Waals surface area (Å²) in [5.41, 5.74) is 0.872. The minimum atomic E-state index is -0.773. The third-order valence-electron chi connectivity index (χ3n) is 3.05. The number of aryl methyl sites for hydroxylation is 1. The van der Waals surface area contributed by atoms with E-state index in [1.54, 1.807) is 16.9 Å². The Morgan fingerprint density at radius 2 is 2.25 bits per heavy atom. The summed E-state index contributed by atoms with van der Waals surface area (Å²) in [7, 11) is 1.86. The third kappa shape index (κ3) is 3.18. The van der Waals surface area contributed by atoms with Crippen molar-refractivity contribution in [1.82, 2.24) is 15.1 Å². The van der Waals surface area contributed by atoms with E-state index in [4.69, 9.17) is 0 Å². The Hall–Kier alpha value is -2.28. The zero-order chi connectivity index (χ0) is 14.5. The van der Waals surface area contributed by atoms with Crippen LogP contribution in [0.15, 0.2) is 30.5 Å². The van der Waals surface area contributed by atoms with Gasteiger partial charge in [0, 0.05) is 50.1 Å². The molecule has 0 radical (unpaired) electrons. The van der Waals surface area contributed by atoms with Crippen molar-refractivity contribution in [2.75, 3.05) is 6.54 Å². The van der Waals surface area contributed by atoms with Gasteiger partial charge >= 0.3 is 5.69 Å². The summed E-state index contributed by atoms with van der Waals surface area (Å²) in [6.45, 7) is 0.896. The maximum absolute atomic E-state index is 13.8. The predicted octanol–water partition coefficient (Wildman–Crippen LogP) is 1.80. The maximum Gasteiger partial charge on any atom is 0.305 e. The van der Waals surface area contributed by atoms with E-state index >= 15 is 0 Å². The van der Waals surface area contributed by atoms with E-state index in [1.165, 1.54) is 6.07 Å². The second-order valence-electron chi connectivity index (χ2n) is 4.38. The van der Waals surface area contributed by atoms with Crippen LogP contribution in [-0.4, -0.2) is 21.2 Å². The summed E-state index contributed by atoms with van der Waals surface area (Å²) in [6.07, 6.45) is 2.47. The number of hydrogen-bond acceptors (Lipinski definition) is 4. The van der Waals surface area contributed by atoms with E-state index in [-0.39, 0.29) is 6.54 Å². The maximum atomic E-state index is 13.8. The van der Waals surface area contributed by atoms with Crippen LogP contribution >= 0.6 is 0 Å². The Morgan fingerprint density at radius 1 is 1.45 bits per heavy atom. The topological polar surface area (TPSA) is 73.0 Å². The fourth-order valence-electron chi connectivity index (χ4n) is 1.93. The van der Waals surface area contributed by atoms with Crippen LogP contribution < -0.4 is 5.32 Å². The van der Waals surface area contributed by atoms with Crippen molar-refractivity contribution in [3.8, 4) is 0 Å². The lowest BCUT2D eigenvalue weighted by molar-refractivity contribution is -0.387. The highest BCUT2D eigenvalue weighted by molar-refractivity contribution is 5.36. The summed E-state index contributed by atoms with van der Waals surface area (Å²) in [6, 6.07) is 6.10. The summed E-state index contributed by atoms with van der Waals surface area (Å²) < 4.78 is 15.6. The van der Waals surface area contributed by atoms with Gasteiger partial charge in [0.1, 0.15) is 0 Å². The number of nitrogens with one attached hydrogen (secondary N) is 1. The van der Waals surface area contributed by atoms with Gasteiger partial charge in [-0.25, -0.2) is 0 Å². The minimum absolute atomic E-state index is 0.255. The third-order valence-corrected chi connectivity index (χ3v) is 3.05. The molecule has 2 rings (SSSR count). The Balaban J connectivity index is 1.90. The second kappa shape index (κ2) is 6.25. The molecule has 0 amide bonds. The van der Waals surface area contributed by atoms with Crippen LogP contribution in [0.4, 0.5) is 10.1 Å².